The van der Waals surface area contributed by atoms with Crippen molar-refractivity contribution >= 4 is 55.8 Å². The Balaban J connectivity index is 1.20. The first-order valence-corrected chi connectivity index (χ1v) is 13.4. The molecule has 0 aliphatic heterocycles. The van der Waals surface area contributed by atoms with E-state index in [4.69, 9.17) is 5.48 Å². The van der Waals surface area contributed by atoms with Crippen molar-refractivity contribution in [2.24, 2.45) is 0 Å². The van der Waals surface area contributed by atoms with Crippen molar-refractivity contribution in [2.45, 2.75) is 0 Å². The van der Waals surface area contributed by atoms with E-state index in [9.17, 15) is 0 Å². The van der Waals surface area contributed by atoms with Gasteiger partial charge < -0.3 is 9.13 Å². The second kappa shape index (κ2) is 9.14. The summed E-state index contributed by atoms with van der Waals surface area (Å²) in [6, 6.07) is 40.4. The molecule has 2 heteroatoms. The highest BCUT2D eigenvalue weighted by Crippen LogP contribution is 2.33. The van der Waals surface area contributed by atoms with Gasteiger partial charge in [0, 0.05) is 32.9 Å². The van der Waals surface area contributed by atoms with Gasteiger partial charge in [-0.3, -0.25) is 0 Å². The van der Waals surface area contributed by atoms with Crippen LogP contribution in [0.1, 0.15) is 16.6 Å². The van der Waals surface area contributed by atoms with Crippen molar-refractivity contribution in [2.75, 3.05) is 0 Å². The summed E-state index contributed by atoms with van der Waals surface area (Å²) in [5.41, 5.74) is 6.44. The fourth-order valence-electron chi connectivity index (χ4n) is 5.79. The van der Waals surface area contributed by atoms with Gasteiger partial charge in [-0.1, -0.05) is 109 Å². The molecule has 2 heterocycles. The molecule has 188 valence electrons. The van der Waals surface area contributed by atoms with Gasteiger partial charge in [0.05, 0.1) is 27.5 Å². The highest BCUT2D eigenvalue weighted by atomic mass is 15.0. The van der Waals surface area contributed by atoms with Crippen LogP contribution in [0.4, 0.5) is 0 Å². The molecule has 0 spiro atoms. The molecule has 0 saturated carbocycles. The van der Waals surface area contributed by atoms with Gasteiger partial charge in [-0.05, 0) is 59.6 Å². The molecule has 40 heavy (non-hydrogen) atoms. The Morgan fingerprint density at radius 2 is 0.750 bits per heavy atom. The Hall–Kier alpha value is -5.34. The molecule has 2 nitrogen and oxygen atoms in total. The Morgan fingerprint density at radius 3 is 1.20 bits per heavy atom. The van der Waals surface area contributed by atoms with Crippen molar-refractivity contribution in [3.05, 3.63) is 157 Å². The van der Waals surface area contributed by atoms with Crippen molar-refractivity contribution in [3.8, 4) is 11.4 Å². The number of hydrogen-bond donors (Lipinski definition) is 0. The van der Waals surface area contributed by atoms with Crippen LogP contribution >= 0.6 is 0 Å². The van der Waals surface area contributed by atoms with Crippen molar-refractivity contribution in [1.82, 2.24) is 9.13 Å². The van der Waals surface area contributed by atoms with E-state index in [1.165, 1.54) is 10.8 Å². The molecule has 0 amide bonds. The molecule has 0 atom stereocenters. The molecule has 0 aliphatic carbocycles. The van der Waals surface area contributed by atoms with Crippen LogP contribution in [0.2, 0.25) is 0 Å². The maximum absolute atomic E-state index is 8.98. The van der Waals surface area contributed by atoms with Crippen LogP contribution in [0, 0.1) is 0 Å². The average molecular weight is 515 g/mol. The number of aromatic nitrogens is 2. The lowest BCUT2D eigenvalue weighted by atomic mass is 10.1. The molecular formula is C38H26N2. The minimum absolute atomic E-state index is 0.0685. The first-order valence-electron chi connectivity index (χ1n) is 15.4. The smallest absolute Gasteiger partial charge is 0.0645 e. The third-order valence-corrected chi connectivity index (χ3v) is 7.61. The zero-order chi connectivity index (χ0) is 29.9. The van der Waals surface area contributed by atoms with E-state index >= 15 is 0 Å². The van der Waals surface area contributed by atoms with Gasteiger partial charge in [-0.25, -0.2) is 0 Å². The lowest BCUT2D eigenvalue weighted by Crippen LogP contribution is -1.93. The molecule has 0 radical (unpaired) electrons. The van der Waals surface area contributed by atoms with Crippen molar-refractivity contribution in [3.63, 3.8) is 0 Å². The molecule has 8 aromatic rings. The molecule has 8 rings (SSSR count). The van der Waals surface area contributed by atoms with Crippen LogP contribution in [-0.2, 0) is 0 Å². The minimum atomic E-state index is -0.0705. The summed E-state index contributed by atoms with van der Waals surface area (Å²) >= 11 is 0. The molecular weight excluding hydrogens is 484 g/mol. The van der Waals surface area contributed by atoms with Crippen LogP contribution in [-0.4, -0.2) is 9.13 Å². The number of nitrogens with zero attached hydrogens (tertiary/aromatic N) is 2. The van der Waals surface area contributed by atoms with Gasteiger partial charge in [-0.2, -0.15) is 0 Å². The fraction of sp³-hybridized carbons (Fsp3) is 0. The Bertz CT molecular complexity index is 2300. The summed E-state index contributed by atoms with van der Waals surface area (Å²) < 4.78 is 39.8. The Labute approximate surface area is 238 Å². The second-order valence-electron chi connectivity index (χ2n) is 9.93. The van der Waals surface area contributed by atoms with E-state index in [-0.39, 0.29) is 35.4 Å². The molecule has 0 unspecified atom stereocenters. The largest absolute Gasteiger partial charge is 0.309 e. The van der Waals surface area contributed by atoms with Crippen LogP contribution in [0.25, 0.3) is 67.1 Å². The van der Waals surface area contributed by atoms with Crippen molar-refractivity contribution < 1.29 is 5.48 Å². The normalized spacial score (nSPS) is 13.3. The quantitative estimate of drug-likeness (QED) is 0.207. The summed E-state index contributed by atoms with van der Waals surface area (Å²) in [6.07, 6.45) is 3.53. The molecule has 0 N–H and O–H groups in total. The van der Waals surface area contributed by atoms with E-state index < -0.39 is 0 Å². The SMILES string of the molecule is [2H]c1c([2H])c(-n2c3ccccc3c3ccccc32)c([2H])c([2H])c1C=Cc1ccc(-n2c3ccccc3c3ccccc32)cc1. The number of fused-ring (bicyclic) bond motifs is 6. The Morgan fingerprint density at radius 1 is 0.375 bits per heavy atom. The zero-order valence-electron chi connectivity index (χ0n) is 25.6. The molecule has 6 aromatic carbocycles. The first kappa shape index (κ1) is 18.8. The number of hydrogen-bond acceptors (Lipinski definition) is 0. The van der Waals surface area contributed by atoms with E-state index in [0.717, 1.165) is 44.1 Å². The average Bonchev–Trinajstić information content (AvgIpc) is 3.58. The molecule has 0 bridgehead atoms. The minimum Gasteiger partial charge on any atom is -0.309 e. The van der Waals surface area contributed by atoms with Gasteiger partial charge >= 0.3 is 0 Å². The topological polar surface area (TPSA) is 9.86 Å². The first-order chi connectivity index (χ1) is 21.5. The van der Waals surface area contributed by atoms with Gasteiger partial charge in [-0.15, -0.1) is 0 Å². The number of para-hydroxylation sites is 4. The fourth-order valence-corrected chi connectivity index (χ4v) is 5.79. The molecule has 2 aromatic heterocycles. The third-order valence-electron chi connectivity index (χ3n) is 7.61. The third kappa shape index (κ3) is 3.58. The highest BCUT2D eigenvalue weighted by Gasteiger charge is 2.12. The predicted octanol–water partition coefficient (Wildman–Crippen LogP) is 10.1. The molecule has 0 fully saturated rings. The summed E-state index contributed by atoms with van der Waals surface area (Å²) in [5, 5.41) is 4.43. The maximum Gasteiger partial charge on any atom is 0.0645 e. The van der Waals surface area contributed by atoms with E-state index in [2.05, 4.69) is 65.2 Å². The van der Waals surface area contributed by atoms with Gasteiger partial charge in [0.1, 0.15) is 0 Å². The monoisotopic (exact) mass is 514 g/mol. The summed E-state index contributed by atoms with van der Waals surface area (Å²) in [6.45, 7) is 0. The van der Waals surface area contributed by atoms with Gasteiger partial charge in [0.25, 0.3) is 0 Å². The van der Waals surface area contributed by atoms with E-state index in [0.29, 0.717) is 0 Å². The predicted molar refractivity (Wildman–Crippen MR) is 170 cm³/mol. The Kier molecular flexibility index (Phi) is 4.31. The van der Waals surface area contributed by atoms with Crippen LogP contribution in [0.3, 0.4) is 0 Å². The van der Waals surface area contributed by atoms with Gasteiger partial charge in [0.15, 0.2) is 0 Å². The molecule has 0 saturated heterocycles. The number of rotatable bonds is 4. The van der Waals surface area contributed by atoms with Crippen LogP contribution in [0.5, 0.6) is 0 Å². The lowest BCUT2D eigenvalue weighted by Gasteiger charge is -2.09. The zero-order valence-corrected chi connectivity index (χ0v) is 21.6. The highest BCUT2D eigenvalue weighted by molar-refractivity contribution is 6.10. The second-order valence-corrected chi connectivity index (χ2v) is 9.93. The standard InChI is InChI=1S/C38H26N2/c1-5-13-35-31(9-1)32-10-2-6-14-36(32)39(35)29-23-19-27(20-24-29)17-18-28-21-25-30(26-22-28)40-37-15-7-3-11-33(37)34-12-4-8-16-38(34)40/h1-26H/i19D,20D,23D,24D. The lowest BCUT2D eigenvalue weighted by molar-refractivity contribution is 1.18. The van der Waals surface area contributed by atoms with Crippen molar-refractivity contribution in [1.29, 1.82) is 0 Å². The van der Waals surface area contributed by atoms with Gasteiger partial charge in [0.2, 0.25) is 0 Å². The summed E-state index contributed by atoms with van der Waals surface area (Å²) in [4.78, 5) is 0. The maximum atomic E-state index is 8.98. The van der Waals surface area contributed by atoms with E-state index in [1.807, 2.05) is 71.3 Å². The van der Waals surface area contributed by atoms with E-state index in [1.54, 1.807) is 6.08 Å². The summed E-state index contributed by atoms with van der Waals surface area (Å²) in [5.74, 6) is 0. The summed E-state index contributed by atoms with van der Waals surface area (Å²) in [7, 11) is 0. The van der Waals surface area contributed by atoms with Crippen LogP contribution < -0.4 is 0 Å². The molecule has 0 aliphatic rings. The number of benzene rings is 6. The van der Waals surface area contributed by atoms with Crippen LogP contribution in [0.15, 0.2) is 145 Å².